The topological polar surface area (TPSA) is 111 Å². The second-order valence-corrected chi connectivity index (χ2v) is 8.99. The summed E-state index contributed by atoms with van der Waals surface area (Å²) >= 11 is 1.45. The Morgan fingerprint density at radius 2 is 2.10 bits per heavy atom. The molecule has 0 spiro atoms. The molecule has 0 aliphatic heterocycles. The van der Waals surface area contributed by atoms with Crippen molar-refractivity contribution >= 4 is 23.4 Å². The number of benzene rings is 1. The van der Waals surface area contributed by atoms with Crippen LogP contribution in [0.25, 0.3) is 0 Å². The summed E-state index contributed by atoms with van der Waals surface area (Å²) in [5.41, 5.74) is -0.465. The van der Waals surface area contributed by atoms with Gasteiger partial charge >= 0.3 is 0 Å². The van der Waals surface area contributed by atoms with Gasteiger partial charge < -0.3 is 9.84 Å². The molecule has 1 aromatic carbocycles. The van der Waals surface area contributed by atoms with E-state index in [2.05, 4.69) is 29.3 Å². The number of hydrogen-bond donors (Lipinski definition) is 1. The van der Waals surface area contributed by atoms with E-state index in [0.717, 1.165) is 25.0 Å². The number of aromatic nitrogens is 2. The number of rotatable bonds is 8. The maximum Gasteiger partial charge on any atom is 0.283 e. The van der Waals surface area contributed by atoms with Crippen LogP contribution in [-0.4, -0.2) is 26.7 Å². The third kappa shape index (κ3) is 4.95. The lowest BCUT2D eigenvalue weighted by atomic mass is 9.96. The van der Waals surface area contributed by atoms with Gasteiger partial charge in [0.15, 0.2) is 5.82 Å². The number of aryl methyl sites for hydroxylation is 1. The Morgan fingerprint density at radius 1 is 1.38 bits per heavy atom. The first-order chi connectivity index (χ1) is 13.8. The molecule has 0 saturated heterocycles. The fourth-order valence-corrected chi connectivity index (χ4v) is 4.75. The normalized spacial score (nSPS) is 15.6. The van der Waals surface area contributed by atoms with Crippen LogP contribution in [-0.2, 0) is 5.54 Å². The maximum atomic E-state index is 12.9. The van der Waals surface area contributed by atoms with Gasteiger partial charge in [-0.2, -0.15) is 4.98 Å². The van der Waals surface area contributed by atoms with Gasteiger partial charge in [-0.3, -0.25) is 14.9 Å². The van der Waals surface area contributed by atoms with Crippen LogP contribution in [0, 0.1) is 23.0 Å². The number of nitrogens with one attached hydrogen (secondary N) is 1. The number of carbonyl (C=O) groups is 1. The number of nitrogens with zero attached hydrogens (tertiary/aromatic N) is 3. The van der Waals surface area contributed by atoms with Crippen molar-refractivity contribution < 1.29 is 14.2 Å². The first-order valence-electron chi connectivity index (χ1n) is 9.85. The van der Waals surface area contributed by atoms with Crippen LogP contribution >= 0.6 is 11.8 Å². The molecule has 3 rings (SSSR count). The zero-order valence-electron chi connectivity index (χ0n) is 16.9. The molecule has 8 nitrogen and oxygen atoms in total. The van der Waals surface area contributed by atoms with Crippen molar-refractivity contribution in [3.8, 4) is 0 Å². The molecule has 1 aliphatic rings. The monoisotopic (exact) mass is 418 g/mol. The Kier molecular flexibility index (Phi) is 6.56. The molecule has 1 aliphatic carbocycles. The molecule has 0 unspecified atom stereocenters. The fourth-order valence-electron chi connectivity index (χ4n) is 3.49. The molecule has 1 saturated carbocycles. The van der Waals surface area contributed by atoms with Crippen LogP contribution in [0.15, 0.2) is 27.6 Å². The second kappa shape index (κ2) is 8.94. The van der Waals surface area contributed by atoms with Gasteiger partial charge in [0.2, 0.25) is 5.89 Å². The summed E-state index contributed by atoms with van der Waals surface area (Å²) in [5, 5.41) is 18.6. The van der Waals surface area contributed by atoms with Gasteiger partial charge in [-0.05, 0) is 43.1 Å². The lowest BCUT2D eigenvalue weighted by molar-refractivity contribution is -0.387. The minimum atomic E-state index is -0.686. The lowest BCUT2D eigenvalue weighted by Crippen LogP contribution is -2.44. The van der Waals surface area contributed by atoms with E-state index in [1.54, 1.807) is 19.1 Å². The van der Waals surface area contributed by atoms with E-state index in [9.17, 15) is 14.9 Å². The smallest absolute Gasteiger partial charge is 0.283 e. The maximum absolute atomic E-state index is 12.9. The minimum Gasteiger partial charge on any atom is -0.340 e. The fraction of sp³-hybridized carbons (Fsp3) is 0.550. The van der Waals surface area contributed by atoms with Crippen molar-refractivity contribution in [3.05, 3.63) is 45.6 Å². The van der Waals surface area contributed by atoms with Crippen LogP contribution in [0.2, 0.25) is 0 Å². The number of carbonyl (C=O) groups excluding carboxylic acids is 1. The van der Waals surface area contributed by atoms with Crippen molar-refractivity contribution in [3.63, 3.8) is 0 Å². The Balaban J connectivity index is 1.81. The summed E-state index contributed by atoms with van der Waals surface area (Å²) in [5.74, 6) is 1.87. The van der Waals surface area contributed by atoms with E-state index in [4.69, 9.17) is 4.52 Å². The highest BCUT2D eigenvalue weighted by atomic mass is 32.2. The Morgan fingerprint density at radius 3 is 2.69 bits per heavy atom. The van der Waals surface area contributed by atoms with E-state index >= 15 is 0 Å². The highest BCUT2D eigenvalue weighted by Crippen LogP contribution is 2.38. The van der Waals surface area contributed by atoms with Gasteiger partial charge in [0.05, 0.1) is 9.82 Å². The Bertz CT molecular complexity index is 890. The molecular formula is C20H26N4O4S. The highest BCUT2D eigenvalue weighted by Gasteiger charge is 2.41. The standard InChI is InChI=1S/C20H26N4O4S/c1-13(2)8-11-29-17-7-6-15(12-16(17)24(26)27)18(25)22-20(9-4-5-10-20)19-21-14(3)28-23-19/h6-7,12-13H,4-5,8-11H2,1-3H3,(H,22,25). The quantitative estimate of drug-likeness (QED) is 0.378. The summed E-state index contributed by atoms with van der Waals surface area (Å²) in [6, 6.07) is 4.67. The predicted octanol–water partition coefficient (Wildman–Crippen LogP) is 4.62. The average Bonchev–Trinajstić information content (AvgIpc) is 3.31. The van der Waals surface area contributed by atoms with Crippen molar-refractivity contribution in [2.75, 3.05) is 5.75 Å². The molecule has 9 heteroatoms. The summed E-state index contributed by atoms with van der Waals surface area (Å²) in [4.78, 5) is 29.0. The number of thioether (sulfide) groups is 1. The van der Waals surface area contributed by atoms with E-state index in [1.807, 2.05) is 0 Å². The Hall–Kier alpha value is -2.42. The van der Waals surface area contributed by atoms with Gasteiger partial charge in [0.1, 0.15) is 5.54 Å². The molecule has 156 valence electrons. The number of nitro groups is 1. The van der Waals surface area contributed by atoms with Gasteiger partial charge in [0.25, 0.3) is 11.6 Å². The van der Waals surface area contributed by atoms with E-state index in [1.165, 1.54) is 17.8 Å². The molecular weight excluding hydrogens is 392 g/mol. The third-order valence-corrected chi connectivity index (χ3v) is 6.23. The number of amides is 1. The second-order valence-electron chi connectivity index (χ2n) is 7.85. The molecule has 0 bridgehead atoms. The van der Waals surface area contributed by atoms with Crippen molar-refractivity contribution in [2.24, 2.45) is 5.92 Å². The largest absolute Gasteiger partial charge is 0.340 e. The molecule has 1 aromatic heterocycles. The third-order valence-electron chi connectivity index (χ3n) is 5.14. The van der Waals surface area contributed by atoms with Crippen molar-refractivity contribution in [1.29, 1.82) is 0 Å². The molecule has 2 aromatic rings. The van der Waals surface area contributed by atoms with Gasteiger partial charge in [-0.25, -0.2) is 0 Å². The van der Waals surface area contributed by atoms with Crippen molar-refractivity contribution in [2.45, 2.75) is 63.3 Å². The summed E-state index contributed by atoms with van der Waals surface area (Å²) in [6.45, 7) is 5.94. The summed E-state index contributed by atoms with van der Waals surface area (Å²) in [6.07, 6.45) is 4.28. The minimum absolute atomic E-state index is 0.0396. The van der Waals surface area contributed by atoms with E-state index in [0.29, 0.717) is 35.4 Å². The molecule has 1 heterocycles. The average molecular weight is 419 g/mol. The SMILES string of the molecule is Cc1nc(C2(NC(=O)c3ccc(SCCC(C)C)c([N+](=O)[O-])c3)CCCC2)no1. The molecule has 1 fully saturated rings. The van der Waals surface area contributed by atoms with Crippen LogP contribution in [0.3, 0.4) is 0 Å². The van der Waals surface area contributed by atoms with Gasteiger partial charge in [-0.15, -0.1) is 11.8 Å². The van der Waals surface area contributed by atoms with E-state index < -0.39 is 10.5 Å². The van der Waals surface area contributed by atoms with Crippen LogP contribution < -0.4 is 5.32 Å². The van der Waals surface area contributed by atoms with E-state index in [-0.39, 0.29) is 17.2 Å². The molecule has 0 radical (unpaired) electrons. The number of hydrogen-bond acceptors (Lipinski definition) is 7. The molecule has 29 heavy (non-hydrogen) atoms. The van der Waals surface area contributed by atoms with Gasteiger partial charge in [0, 0.05) is 18.6 Å². The molecule has 0 atom stereocenters. The number of nitro benzene ring substituents is 1. The summed E-state index contributed by atoms with van der Waals surface area (Å²) < 4.78 is 5.11. The molecule has 1 amide bonds. The first kappa shape index (κ1) is 21.3. The highest BCUT2D eigenvalue weighted by molar-refractivity contribution is 7.99. The van der Waals surface area contributed by atoms with Gasteiger partial charge in [-0.1, -0.05) is 31.8 Å². The lowest BCUT2D eigenvalue weighted by Gasteiger charge is -2.26. The van der Waals surface area contributed by atoms with Crippen LogP contribution in [0.4, 0.5) is 5.69 Å². The molecule has 1 N–H and O–H groups in total. The van der Waals surface area contributed by atoms with Crippen LogP contribution in [0.1, 0.15) is 68.0 Å². The Labute approximate surface area is 174 Å². The zero-order chi connectivity index (χ0) is 21.0. The van der Waals surface area contributed by atoms with Crippen LogP contribution in [0.5, 0.6) is 0 Å². The summed E-state index contributed by atoms with van der Waals surface area (Å²) in [7, 11) is 0. The van der Waals surface area contributed by atoms with Crippen molar-refractivity contribution in [1.82, 2.24) is 15.5 Å². The zero-order valence-corrected chi connectivity index (χ0v) is 17.8. The first-order valence-corrected chi connectivity index (χ1v) is 10.8. The predicted molar refractivity (Wildman–Crippen MR) is 110 cm³/mol.